The molecule has 4 aromatic rings. The third-order valence-electron chi connectivity index (χ3n) is 3.89. The molecule has 0 aliphatic rings. The molecule has 0 radical (unpaired) electrons. The van der Waals surface area contributed by atoms with E-state index in [1.54, 1.807) is 23.9 Å². The first-order valence-electron chi connectivity index (χ1n) is 7.85. The van der Waals surface area contributed by atoms with Gasteiger partial charge in [-0.15, -0.1) is 10.2 Å². The van der Waals surface area contributed by atoms with E-state index >= 15 is 0 Å². The topological polar surface area (TPSA) is 112 Å². The van der Waals surface area contributed by atoms with Crippen LogP contribution < -0.4 is 11.1 Å². The van der Waals surface area contributed by atoms with Crippen LogP contribution in [0, 0.1) is 5.82 Å². The lowest BCUT2D eigenvalue weighted by Crippen LogP contribution is -2.05. The maximum Gasteiger partial charge on any atom is 0.240 e. The predicted molar refractivity (Wildman–Crippen MR) is 91.5 cm³/mol. The minimum atomic E-state index is -0.460. The van der Waals surface area contributed by atoms with E-state index in [9.17, 15) is 4.39 Å². The van der Waals surface area contributed by atoms with E-state index in [1.807, 2.05) is 6.92 Å². The van der Waals surface area contributed by atoms with Crippen LogP contribution in [0.1, 0.15) is 13.3 Å². The molecule has 4 rings (SSSR count). The highest BCUT2D eigenvalue weighted by Gasteiger charge is 2.20. The minimum absolute atomic E-state index is 0.0482. The summed E-state index contributed by atoms with van der Waals surface area (Å²) < 4.78 is 17.8. The fourth-order valence-electron chi connectivity index (χ4n) is 2.84. The molecule has 0 amide bonds. The Bertz CT molecular complexity index is 1080. The molecule has 0 unspecified atom stereocenters. The number of nitrogens with two attached hydrogens (primary N) is 1. The van der Waals surface area contributed by atoms with Crippen molar-refractivity contribution in [1.29, 1.82) is 0 Å². The molecule has 25 heavy (non-hydrogen) atoms. The lowest BCUT2D eigenvalue weighted by atomic mass is 10.1. The fraction of sp³-hybridized carbons (Fsp3) is 0.267. The Labute approximate surface area is 141 Å². The minimum Gasteiger partial charge on any atom is -0.371 e. The van der Waals surface area contributed by atoms with Crippen molar-refractivity contribution in [3.8, 4) is 11.3 Å². The fourth-order valence-corrected chi connectivity index (χ4v) is 2.84. The maximum absolute atomic E-state index is 14.7. The molecule has 0 spiro atoms. The van der Waals surface area contributed by atoms with Crippen molar-refractivity contribution in [2.75, 3.05) is 18.1 Å². The van der Waals surface area contributed by atoms with Crippen LogP contribution in [0.5, 0.6) is 0 Å². The third-order valence-corrected chi connectivity index (χ3v) is 3.89. The average Bonchev–Trinajstić information content (AvgIpc) is 3.14. The van der Waals surface area contributed by atoms with Gasteiger partial charge in [-0.2, -0.15) is 4.98 Å². The zero-order chi connectivity index (χ0) is 17.6. The Kier molecular flexibility index (Phi) is 3.45. The summed E-state index contributed by atoms with van der Waals surface area (Å²) >= 11 is 0. The molecule has 128 valence electrons. The lowest BCUT2D eigenvalue weighted by molar-refractivity contribution is 0.591. The number of aryl methyl sites for hydroxylation is 1. The Morgan fingerprint density at radius 2 is 2.12 bits per heavy atom. The van der Waals surface area contributed by atoms with Crippen molar-refractivity contribution in [2.45, 2.75) is 19.9 Å². The number of anilines is 2. The second-order valence-corrected chi connectivity index (χ2v) is 5.57. The summed E-state index contributed by atoms with van der Waals surface area (Å²) in [4.78, 5) is 8.70. The standard InChI is InChI=1S/C15H16FN9/c1-3-6-24-14-10(21-23-24)5-4-9(19-14)11-8(16)7-25-12(11)13(18-2)20-15(17)22-25/h4-5,7H,3,6H2,1-2H3,(H3,17,18,20,22). The number of hydrogen-bond donors (Lipinski definition) is 2. The highest BCUT2D eigenvalue weighted by Crippen LogP contribution is 2.32. The molecular formula is C15H16FN9. The first-order chi connectivity index (χ1) is 12.1. The second kappa shape index (κ2) is 5.65. The largest absolute Gasteiger partial charge is 0.371 e. The Balaban J connectivity index is 1.99. The van der Waals surface area contributed by atoms with Crippen LogP contribution in [0.3, 0.4) is 0 Å². The van der Waals surface area contributed by atoms with Gasteiger partial charge in [0, 0.05) is 13.6 Å². The molecule has 0 aromatic carbocycles. The van der Waals surface area contributed by atoms with Crippen LogP contribution in [0.25, 0.3) is 27.9 Å². The molecule has 0 saturated heterocycles. The number of hydrogen-bond acceptors (Lipinski definition) is 7. The van der Waals surface area contributed by atoms with E-state index in [0.29, 0.717) is 40.3 Å². The van der Waals surface area contributed by atoms with Gasteiger partial charge in [0.15, 0.2) is 17.3 Å². The normalized spacial score (nSPS) is 11.5. The molecule has 0 bridgehead atoms. The van der Waals surface area contributed by atoms with Gasteiger partial charge < -0.3 is 11.1 Å². The molecule has 0 aliphatic heterocycles. The highest BCUT2D eigenvalue weighted by atomic mass is 19.1. The van der Waals surface area contributed by atoms with E-state index in [2.05, 4.69) is 30.7 Å². The number of rotatable bonds is 4. The third kappa shape index (κ3) is 2.33. The van der Waals surface area contributed by atoms with Crippen LogP contribution in [-0.2, 0) is 6.54 Å². The molecule has 4 aromatic heterocycles. The predicted octanol–water partition coefficient (Wildman–Crippen LogP) is 1.71. The SMILES string of the molecule is CCCn1nnc2ccc(-c3c(F)cn4nc(N)nc(NC)c34)nc21. The zero-order valence-corrected chi connectivity index (χ0v) is 13.7. The monoisotopic (exact) mass is 341 g/mol. The molecule has 4 heterocycles. The van der Waals surface area contributed by atoms with Crippen molar-refractivity contribution >= 4 is 28.4 Å². The first-order valence-corrected chi connectivity index (χ1v) is 7.85. The highest BCUT2D eigenvalue weighted by molar-refractivity contribution is 5.89. The Morgan fingerprint density at radius 3 is 2.88 bits per heavy atom. The lowest BCUT2D eigenvalue weighted by Gasteiger charge is -2.06. The van der Waals surface area contributed by atoms with Gasteiger partial charge in [0.05, 0.1) is 17.5 Å². The van der Waals surface area contributed by atoms with Gasteiger partial charge in [-0.25, -0.2) is 18.6 Å². The molecular weight excluding hydrogens is 325 g/mol. The van der Waals surface area contributed by atoms with Gasteiger partial charge in [0.25, 0.3) is 0 Å². The van der Waals surface area contributed by atoms with Gasteiger partial charge >= 0.3 is 0 Å². The van der Waals surface area contributed by atoms with Crippen LogP contribution in [-0.4, -0.2) is 41.6 Å². The van der Waals surface area contributed by atoms with Crippen molar-refractivity contribution in [3.05, 3.63) is 24.1 Å². The summed E-state index contributed by atoms with van der Waals surface area (Å²) in [6.45, 7) is 2.73. The van der Waals surface area contributed by atoms with Crippen molar-refractivity contribution in [1.82, 2.24) is 34.6 Å². The van der Waals surface area contributed by atoms with Gasteiger partial charge in [-0.1, -0.05) is 12.1 Å². The molecule has 0 aliphatic carbocycles. The molecule has 9 nitrogen and oxygen atoms in total. The number of nitrogen functional groups attached to an aromatic ring is 1. The summed E-state index contributed by atoms with van der Waals surface area (Å²) in [5.74, 6) is 0.0123. The van der Waals surface area contributed by atoms with Crippen molar-refractivity contribution in [3.63, 3.8) is 0 Å². The first kappa shape index (κ1) is 15.2. The van der Waals surface area contributed by atoms with Crippen LogP contribution in [0.4, 0.5) is 16.2 Å². The van der Waals surface area contributed by atoms with E-state index in [0.717, 1.165) is 6.42 Å². The average molecular weight is 341 g/mol. The smallest absolute Gasteiger partial charge is 0.240 e. The van der Waals surface area contributed by atoms with E-state index in [1.165, 1.54) is 10.7 Å². The summed E-state index contributed by atoms with van der Waals surface area (Å²) in [7, 11) is 1.69. The van der Waals surface area contributed by atoms with Crippen LogP contribution in [0.2, 0.25) is 0 Å². The number of aromatic nitrogens is 7. The number of fused-ring (bicyclic) bond motifs is 2. The van der Waals surface area contributed by atoms with Gasteiger partial charge in [-0.3, -0.25) is 0 Å². The summed E-state index contributed by atoms with van der Waals surface area (Å²) in [5.41, 5.74) is 8.17. The van der Waals surface area contributed by atoms with Gasteiger partial charge in [-0.05, 0) is 18.6 Å². The Hall–Kier alpha value is -3.30. The van der Waals surface area contributed by atoms with E-state index in [4.69, 9.17) is 5.73 Å². The molecule has 0 saturated carbocycles. The summed E-state index contributed by atoms with van der Waals surface area (Å²) in [6, 6.07) is 3.48. The second-order valence-electron chi connectivity index (χ2n) is 5.57. The van der Waals surface area contributed by atoms with Gasteiger partial charge in [0.2, 0.25) is 5.95 Å². The number of halogens is 1. The van der Waals surface area contributed by atoms with Crippen LogP contribution in [0.15, 0.2) is 18.3 Å². The number of nitrogens with zero attached hydrogens (tertiary/aromatic N) is 7. The van der Waals surface area contributed by atoms with Gasteiger partial charge in [0.1, 0.15) is 11.0 Å². The molecule has 0 atom stereocenters. The van der Waals surface area contributed by atoms with Crippen molar-refractivity contribution < 1.29 is 4.39 Å². The molecule has 10 heteroatoms. The van der Waals surface area contributed by atoms with Crippen LogP contribution >= 0.6 is 0 Å². The van der Waals surface area contributed by atoms with Crippen molar-refractivity contribution in [2.24, 2.45) is 0 Å². The van der Waals surface area contributed by atoms with E-state index in [-0.39, 0.29) is 5.95 Å². The van der Waals surface area contributed by atoms with E-state index < -0.39 is 5.82 Å². The number of pyridine rings is 1. The molecule has 3 N–H and O–H groups in total. The summed E-state index contributed by atoms with van der Waals surface area (Å²) in [6.07, 6.45) is 2.15. The zero-order valence-electron chi connectivity index (χ0n) is 13.7. The maximum atomic E-state index is 14.7. The quantitative estimate of drug-likeness (QED) is 0.581. The summed E-state index contributed by atoms with van der Waals surface area (Å²) in [5, 5.41) is 15.1. The molecule has 0 fully saturated rings. The Morgan fingerprint density at radius 1 is 1.28 bits per heavy atom. The number of nitrogens with one attached hydrogen (secondary N) is 1.